The summed E-state index contributed by atoms with van der Waals surface area (Å²) in [6.45, 7) is 1.20. The third-order valence-corrected chi connectivity index (χ3v) is 2.49. The fraction of sp³-hybridized carbons (Fsp3) is 0.250. The molecule has 90 valence electrons. The lowest BCUT2D eigenvalue weighted by Gasteiger charge is -2.15. The Kier molecular flexibility index (Phi) is 3.39. The number of aromatic nitrogens is 2. The number of nitrogens with two attached hydrogens (primary N) is 1. The van der Waals surface area contributed by atoms with E-state index in [1.54, 1.807) is 18.2 Å². The Morgan fingerprint density at radius 1 is 1.35 bits per heavy atom. The van der Waals surface area contributed by atoms with Crippen molar-refractivity contribution in [3.63, 3.8) is 0 Å². The Bertz CT molecular complexity index is 495. The smallest absolute Gasteiger partial charge is 0.145 e. The van der Waals surface area contributed by atoms with E-state index in [0.717, 1.165) is 5.69 Å². The molecule has 0 unspecified atom stereocenters. The highest BCUT2D eigenvalue weighted by Crippen LogP contribution is 2.11. The van der Waals surface area contributed by atoms with Gasteiger partial charge in [0.2, 0.25) is 0 Å². The number of hydrogen-bond acceptors (Lipinski definition) is 3. The molecule has 0 saturated heterocycles. The van der Waals surface area contributed by atoms with E-state index in [0.29, 0.717) is 24.5 Å². The van der Waals surface area contributed by atoms with Gasteiger partial charge in [-0.1, -0.05) is 18.2 Å². The first kappa shape index (κ1) is 11.6. The first-order valence-corrected chi connectivity index (χ1v) is 5.37. The molecular formula is C12H15FN4. The molecule has 2 aromatic rings. The van der Waals surface area contributed by atoms with Gasteiger partial charge in [-0.15, -0.1) is 0 Å². The van der Waals surface area contributed by atoms with E-state index in [9.17, 15) is 4.39 Å². The second kappa shape index (κ2) is 4.97. The van der Waals surface area contributed by atoms with E-state index in [2.05, 4.69) is 10.2 Å². The van der Waals surface area contributed by atoms with Gasteiger partial charge in [0.25, 0.3) is 0 Å². The van der Waals surface area contributed by atoms with Gasteiger partial charge >= 0.3 is 0 Å². The third kappa shape index (κ3) is 3.04. The van der Waals surface area contributed by atoms with Gasteiger partial charge in [-0.05, 0) is 13.1 Å². The molecule has 0 aliphatic rings. The average Bonchev–Trinajstić information content (AvgIpc) is 2.67. The lowest BCUT2D eigenvalue weighted by atomic mass is 10.2. The zero-order chi connectivity index (χ0) is 12.3. The van der Waals surface area contributed by atoms with Crippen LogP contribution in [0.3, 0.4) is 0 Å². The minimum Gasteiger partial charge on any atom is -0.382 e. The highest BCUT2D eigenvalue weighted by molar-refractivity contribution is 5.28. The standard InChI is InChI=1S/C12H15FN4/c1-17(8-10-6-12(14)16-15-10)7-9-4-2-3-5-11(9)13/h2-6H,7-8H2,1H3,(H3,14,15,16). The predicted octanol–water partition coefficient (Wildman–Crippen LogP) is 1.76. The molecule has 0 bridgehead atoms. The van der Waals surface area contributed by atoms with Crippen molar-refractivity contribution in [3.05, 3.63) is 47.4 Å². The number of hydrogen-bond donors (Lipinski definition) is 2. The van der Waals surface area contributed by atoms with Gasteiger partial charge in [0.15, 0.2) is 0 Å². The molecule has 0 saturated carbocycles. The molecule has 0 atom stereocenters. The first-order chi connectivity index (χ1) is 8.15. The van der Waals surface area contributed by atoms with E-state index < -0.39 is 0 Å². The quantitative estimate of drug-likeness (QED) is 0.847. The Hall–Kier alpha value is -1.88. The highest BCUT2D eigenvalue weighted by atomic mass is 19.1. The number of nitrogens with one attached hydrogen (secondary N) is 1. The maximum absolute atomic E-state index is 13.4. The van der Waals surface area contributed by atoms with Crippen molar-refractivity contribution >= 4 is 5.82 Å². The van der Waals surface area contributed by atoms with E-state index in [1.807, 2.05) is 18.0 Å². The summed E-state index contributed by atoms with van der Waals surface area (Å²) in [4.78, 5) is 1.99. The maximum atomic E-state index is 13.4. The monoisotopic (exact) mass is 234 g/mol. The molecule has 4 nitrogen and oxygen atoms in total. The molecule has 0 radical (unpaired) electrons. The molecule has 0 aliphatic heterocycles. The molecule has 3 N–H and O–H groups in total. The number of nitrogen functional groups attached to an aromatic ring is 1. The van der Waals surface area contributed by atoms with E-state index >= 15 is 0 Å². The van der Waals surface area contributed by atoms with Gasteiger partial charge in [0, 0.05) is 24.7 Å². The number of nitrogens with zero attached hydrogens (tertiary/aromatic N) is 2. The number of aromatic amines is 1. The number of anilines is 1. The zero-order valence-electron chi connectivity index (χ0n) is 9.65. The number of halogens is 1. The molecule has 0 aliphatic carbocycles. The Morgan fingerprint density at radius 2 is 2.12 bits per heavy atom. The summed E-state index contributed by atoms with van der Waals surface area (Å²) in [6.07, 6.45) is 0. The van der Waals surface area contributed by atoms with Gasteiger partial charge in [0.1, 0.15) is 11.6 Å². The molecule has 1 aromatic heterocycles. The SMILES string of the molecule is CN(Cc1cc(N)n[nH]1)Cc1ccccc1F. The topological polar surface area (TPSA) is 57.9 Å². The molecule has 17 heavy (non-hydrogen) atoms. The van der Waals surface area contributed by atoms with Crippen molar-refractivity contribution in [2.45, 2.75) is 13.1 Å². The van der Waals surface area contributed by atoms with Crippen molar-refractivity contribution < 1.29 is 4.39 Å². The van der Waals surface area contributed by atoms with Crippen LogP contribution in [-0.2, 0) is 13.1 Å². The maximum Gasteiger partial charge on any atom is 0.145 e. The number of benzene rings is 1. The fourth-order valence-corrected chi connectivity index (χ4v) is 1.72. The molecule has 5 heteroatoms. The molecule has 1 aromatic carbocycles. The zero-order valence-corrected chi connectivity index (χ0v) is 9.65. The second-order valence-electron chi connectivity index (χ2n) is 4.08. The fourth-order valence-electron chi connectivity index (χ4n) is 1.72. The first-order valence-electron chi connectivity index (χ1n) is 5.37. The minimum atomic E-state index is -0.177. The van der Waals surface area contributed by atoms with Crippen molar-refractivity contribution in [1.29, 1.82) is 0 Å². The van der Waals surface area contributed by atoms with Gasteiger partial charge in [-0.25, -0.2) is 4.39 Å². The van der Waals surface area contributed by atoms with Crippen LogP contribution in [-0.4, -0.2) is 22.1 Å². The second-order valence-corrected chi connectivity index (χ2v) is 4.08. The summed E-state index contributed by atoms with van der Waals surface area (Å²) in [5, 5.41) is 6.67. The van der Waals surface area contributed by atoms with Crippen molar-refractivity contribution in [2.24, 2.45) is 0 Å². The molecule has 1 heterocycles. The van der Waals surface area contributed by atoms with Crippen molar-refractivity contribution in [2.75, 3.05) is 12.8 Å². The molecular weight excluding hydrogens is 219 g/mol. The van der Waals surface area contributed by atoms with Gasteiger partial charge in [-0.2, -0.15) is 5.10 Å². The van der Waals surface area contributed by atoms with E-state index in [4.69, 9.17) is 5.73 Å². The summed E-state index contributed by atoms with van der Waals surface area (Å²) in [6, 6.07) is 8.55. The average molecular weight is 234 g/mol. The van der Waals surface area contributed by atoms with Crippen LogP contribution in [0.25, 0.3) is 0 Å². The van der Waals surface area contributed by atoms with Crippen molar-refractivity contribution in [1.82, 2.24) is 15.1 Å². The van der Waals surface area contributed by atoms with Gasteiger partial charge in [0.05, 0.1) is 5.69 Å². The summed E-state index contributed by atoms with van der Waals surface area (Å²) in [7, 11) is 1.92. The van der Waals surface area contributed by atoms with Crippen LogP contribution in [0.2, 0.25) is 0 Å². The van der Waals surface area contributed by atoms with Crippen molar-refractivity contribution in [3.8, 4) is 0 Å². The predicted molar refractivity (Wildman–Crippen MR) is 64.6 cm³/mol. The third-order valence-electron chi connectivity index (χ3n) is 2.49. The Balaban J connectivity index is 1.98. The van der Waals surface area contributed by atoms with Crippen LogP contribution < -0.4 is 5.73 Å². The summed E-state index contributed by atoms with van der Waals surface area (Å²) < 4.78 is 13.4. The summed E-state index contributed by atoms with van der Waals surface area (Å²) in [5.74, 6) is 0.294. The molecule has 0 spiro atoms. The minimum absolute atomic E-state index is 0.177. The lowest BCUT2D eigenvalue weighted by molar-refractivity contribution is 0.309. The molecule has 2 rings (SSSR count). The Labute approximate surface area is 99.2 Å². The van der Waals surface area contributed by atoms with Crippen LogP contribution in [0.15, 0.2) is 30.3 Å². The van der Waals surface area contributed by atoms with Gasteiger partial charge < -0.3 is 5.73 Å². The van der Waals surface area contributed by atoms with Crippen LogP contribution in [0, 0.1) is 5.82 Å². The molecule has 0 fully saturated rings. The van der Waals surface area contributed by atoms with Crippen LogP contribution >= 0.6 is 0 Å². The van der Waals surface area contributed by atoms with E-state index in [-0.39, 0.29) is 5.82 Å². The summed E-state index contributed by atoms with van der Waals surface area (Å²) in [5.41, 5.74) is 7.11. The largest absolute Gasteiger partial charge is 0.382 e. The number of rotatable bonds is 4. The molecule has 0 amide bonds. The van der Waals surface area contributed by atoms with Crippen LogP contribution in [0.5, 0.6) is 0 Å². The van der Waals surface area contributed by atoms with Crippen LogP contribution in [0.1, 0.15) is 11.3 Å². The lowest BCUT2D eigenvalue weighted by Crippen LogP contribution is -2.18. The van der Waals surface area contributed by atoms with Gasteiger partial charge in [-0.3, -0.25) is 10.00 Å². The highest BCUT2D eigenvalue weighted by Gasteiger charge is 2.06. The van der Waals surface area contributed by atoms with E-state index in [1.165, 1.54) is 6.07 Å². The summed E-state index contributed by atoms with van der Waals surface area (Å²) >= 11 is 0. The Morgan fingerprint density at radius 3 is 2.76 bits per heavy atom. The number of H-pyrrole nitrogens is 1. The van der Waals surface area contributed by atoms with Crippen LogP contribution in [0.4, 0.5) is 10.2 Å². The normalized spacial score (nSPS) is 11.0.